The first-order chi connectivity index (χ1) is 15.8. The van der Waals surface area contributed by atoms with Crippen LogP contribution < -0.4 is 10.4 Å². The summed E-state index contributed by atoms with van der Waals surface area (Å²) >= 11 is 0. The highest BCUT2D eigenvalue weighted by atomic mass is 28.4. The summed E-state index contributed by atoms with van der Waals surface area (Å²) in [7, 11) is -2.76. The molecule has 2 unspecified atom stereocenters. The predicted octanol–water partition coefficient (Wildman–Crippen LogP) is 5.88. The molecule has 1 aliphatic rings. The highest BCUT2D eigenvalue weighted by Gasteiger charge is 2.41. The molecule has 0 aliphatic heterocycles. The van der Waals surface area contributed by atoms with Crippen LogP contribution in [0.4, 0.5) is 0 Å². The van der Waals surface area contributed by atoms with E-state index in [9.17, 15) is 0 Å². The van der Waals surface area contributed by atoms with E-state index in [1.807, 2.05) is 24.3 Å². The van der Waals surface area contributed by atoms with Gasteiger partial charge in [0, 0.05) is 11.7 Å². The van der Waals surface area contributed by atoms with Gasteiger partial charge in [-0.3, -0.25) is 0 Å². The molecule has 0 bridgehead atoms. The SMILES string of the molecule is C=CCCC1CCCC(O[Si](C#Cc2ccccc2)(c2ccccc2)c2ccccc2)C1. The molecule has 1 fully saturated rings. The third-order valence-corrected chi connectivity index (χ3v) is 9.83. The van der Waals surface area contributed by atoms with Crippen molar-refractivity contribution in [3.63, 3.8) is 0 Å². The van der Waals surface area contributed by atoms with Gasteiger partial charge in [0.1, 0.15) is 0 Å². The van der Waals surface area contributed by atoms with Crippen LogP contribution in [-0.4, -0.2) is 14.4 Å². The molecular weight excluding hydrogens is 404 g/mol. The fraction of sp³-hybridized carbons (Fsp3) is 0.267. The van der Waals surface area contributed by atoms with E-state index in [2.05, 4.69) is 90.8 Å². The molecule has 1 saturated carbocycles. The van der Waals surface area contributed by atoms with Crippen LogP contribution in [0.2, 0.25) is 0 Å². The Morgan fingerprint density at radius 2 is 1.44 bits per heavy atom. The lowest BCUT2D eigenvalue weighted by molar-refractivity contribution is 0.120. The normalized spacial score (nSPS) is 18.4. The first-order valence-corrected chi connectivity index (χ1v) is 13.7. The van der Waals surface area contributed by atoms with Gasteiger partial charge in [0.25, 0.3) is 0 Å². The van der Waals surface area contributed by atoms with Gasteiger partial charge in [0.2, 0.25) is 0 Å². The maximum atomic E-state index is 7.22. The minimum absolute atomic E-state index is 0.246. The van der Waals surface area contributed by atoms with E-state index < -0.39 is 8.32 Å². The van der Waals surface area contributed by atoms with Crippen LogP contribution in [-0.2, 0) is 4.43 Å². The maximum absolute atomic E-state index is 7.22. The second-order valence-electron chi connectivity index (χ2n) is 8.67. The molecule has 3 aromatic carbocycles. The molecule has 4 rings (SSSR count). The molecule has 162 valence electrons. The van der Waals surface area contributed by atoms with Crippen molar-refractivity contribution in [2.45, 2.75) is 44.6 Å². The zero-order chi connectivity index (χ0) is 22.1. The first kappa shape index (κ1) is 22.3. The lowest BCUT2D eigenvalue weighted by Crippen LogP contribution is -2.62. The van der Waals surface area contributed by atoms with Crippen molar-refractivity contribution < 1.29 is 4.43 Å². The van der Waals surface area contributed by atoms with Crippen molar-refractivity contribution in [3.05, 3.63) is 109 Å². The van der Waals surface area contributed by atoms with E-state index >= 15 is 0 Å². The zero-order valence-corrected chi connectivity index (χ0v) is 19.8. The van der Waals surface area contributed by atoms with Crippen LogP contribution in [0.3, 0.4) is 0 Å². The molecule has 0 saturated heterocycles. The summed E-state index contributed by atoms with van der Waals surface area (Å²) in [5.74, 6) is 4.21. The third-order valence-electron chi connectivity index (χ3n) is 6.37. The zero-order valence-electron chi connectivity index (χ0n) is 18.8. The van der Waals surface area contributed by atoms with Gasteiger partial charge in [-0.05, 0) is 54.1 Å². The van der Waals surface area contributed by atoms with Crippen molar-refractivity contribution in [1.82, 2.24) is 0 Å². The maximum Gasteiger partial charge on any atom is 0.338 e. The van der Waals surface area contributed by atoms with Crippen molar-refractivity contribution in [2.75, 3.05) is 0 Å². The van der Waals surface area contributed by atoms with Crippen LogP contribution in [0, 0.1) is 17.4 Å². The van der Waals surface area contributed by atoms with Crippen LogP contribution in [0.15, 0.2) is 104 Å². The van der Waals surface area contributed by atoms with Crippen molar-refractivity contribution >= 4 is 18.7 Å². The molecule has 0 N–H and O–H groups in total. The van der Waals surface area contributed by atoms with Gasteiger partial charge < -0.3 is 4.43 Å². The lowest BCUT2D eigenvalue weighted by Gasteiger charge is -2.36. The summed E-state index contributed by atoms with van der Waals surface area (Å²) in [6, 6.07) is 31.7. The molecule has 2 atom stereocenters. The Labute approximate surface area is 194 Å². The molecule has 1 nitrogen and oxygen atoms in total. The smallest absolute Gasteiger partial charge is 0.338 e. The molecule has 2 heteroatoms. The minimum Gasteiger partial charge on any atom is -0.396 e. The number of rotatable bonds is 7. The Hall–Kier alpha value is -2.86. The molecule has 3 aromatic rings. The van der Waals surface area contributed by atoms with E-state index in [-0.39, 0.29) is 6.10 Å². The van der Waals surface area contributed by atoms with E-state index in [1.165, 1.54) is 29.6 Å². The van der Waals surface area contributed by atoms with Gasteiger partial charge in [-0.1, -0.05) is 109 Å². The summed E-state index contributed by atoms with van der Waals surface area (Å²) < 4.78 is 7.22. The average molecular weight is 437 g/mol. The highest BCUT2D eigenvalue weighted by molar-refractivity contribution is 7.03. The van der Waals surface area contributed by atoms with Gasteiger partial charge in [0.05, 0.1) is 0 Å². The topological polar surface area (TPSA) is 9.23 Å². The summed E-state index contributed by atoms with van der Waals surface area (Å²) in [5, 5.41) is 2.45. The van der Waals surface area contributed by atoms with Crippen LogP contribution in [0.5, 0.6) is 0 Å². The van der Waals surface area contributed by atoms with Crippen LogP contribution in [0.1, 0.15) is 44.1 Å². The third kappa shape index (κ3) is 5.48. The Morgan fingerprint density at radius 1 is 0.844 bits per heavy atom. The molecular formula is C30H32OSi. The summed E-state index contributed by atoms with van der Waals surface area (Å²) in [4.78, 5) is 0. The molecule has 1 aliphatic carbocycles. The standard InChI is InChI=1S/C30H32OSi/c1-2-3-14-27-17-13-18-28(25-27)31-32(29-19-9-5-10-20-29,30-21-11-6-12-22-30)24-23-26-15-7-4-8-16-26/h2,4-12,15-16,19-22,27-28H,1,3,13-14,17-18,25H2. The van der Waals surface area contributed by atoms with Gasteiger partial charge in [-0.15, -0.1) is 6.58 Å². The Balaban J connectivity index is 1.76. The molecule has 32 heavy (non-hydrogen) atoms. The number of hydrogen-bond donors (Lipinski definition) is 0. The molecule has 0 amide bonds. The monoisotopic (exact) mass is 436 g/mol. The minimum atomic E-state index is -2.76. The first-order valence-electron chi connectivity index (χ1n) is 11.8. The fourth-order valence-corrected chi connectivity index (χ4v) is 8.03. The van der Waals surface area contributed by atoms with E-state index in [1.54, 1.807) is 0 Å². The molecule has 0 aromatic heterocycles. The van der Waals surface area contributed by atoms with E-state index in [0.29, 0.717) is 5.92 Å². The average Bonchev–Trinajstić information content (AvgIpc) is 2.87. The van der Waals surface area contributed by atoms with Crippen LogP contribution in [0.25, 0.3) is 0 Å². The Bertz CT molecular complexity index is 994. The van der Waals surface area contributed by atoms with Gasteiger partial charge in [-0.25, -0.2) is 0 Å². The Morgan fingerprint density at radius 3 is 2.03 bits per heavy atom. The van der Waals surface area contributed by atoms with Crippen molar-refractivity contribution in [1.29, 1.82) is 0 Å². The lowest BCUT2D eigenvalue weighted by atomic mass is 9.84. The number of benzene rings is 3. The van der Waals surface area contributed by atoms with E-state index in [4.69, 9.17) is 4.43 Å². The quantitative estimate of drug-likeness (QED) is 0.255. The molecule has 0 radical (unpaired) electrons. The predicted molar refractivity (Wildman–Crippen MR) is 137 cm³/mol. The number of hydrogen-bond acceptors (Lipinski definition) is 1. The second kappa shape index (κ2) is 11.1. The second-order valence-corrected chi connectivity index (χ2v) is 11.7. The summed E-state index contributed by atoms with van der Waals surface area (Å²) in [5.41, 5.74) is 4.77. The molecule has 0 heterocycles. The van der Waals surface area contributed by atoms with Gasteiger partial charge in [0.15, 0.2) is 0 Å². The van der Waals surface area contributed by atoms with Gasteiger partial charge in [-0.2, -0.15) is 0 Å². The van der Waals surface area contributed by atoms with Crippen molar-refractivity contribution in [3.8, 4) is 11.5 Å². The summed E-state index contributed by atoms with van der Waals surface area (Å²) in [6.45, 7) is 3.91. The fourth-order valence-electron chi connectivity index (χ4n) is 4.72. The highest BCUT2D eigenvalue weighted by Crippen LogP contribution is 2.31. The largest absolute Gasteiger partial charge is 0.396 e. The van der Waals surface area contributed by atoms with Gasteiger partial charge >= 0.3 is 8.32 Å². The van der Waals surface area contributed by atoms with Crippen molar-refractivity contribution in [2.24, 2.45) is 5.92 Å². The van der Waals surface area contributed by atoms with Crippen LogP contribution >= 0.6 is 0 Å². The molecule has 0 spiro atoms. The number of allylic oxidation sites excluding steroid dienone is 1. The van der Waals surface area contributed by atoms with E-state index in [0.717, 1.165) is 24.8 Å². The Kier molecular flexibility index (Phi) is 7.77. The summed E-state index contributed by atoms with van der Waals surface area (Å²) in [6.07, 6.45) is 9.36.